The molecule has 0 aliphatic heterocycles. The molecule has 1 aromatic rings. The summed E-state index contributed by atoms with van der Waals surface area (Å²) in [6.45, 7) is 7.50. The van der Waals surface area contributed by atoms with E-state index in [1.807, 2.05) is 13.8 Å². The average molecular weight is 227 g/mol. The van der Waals surface area contributed by atoms with Crippen molar-refractivity contribution in [3.05, 3.63) is 33.7 Å². The minimum atomic E-state index is -0.781. The predicted octanol–water partition coefficient (Wildman–Crippen LogP) is 0.845. The van der Waals surface area contributed by atoms with Gasteiger partial charge >= 0.3 is 0 Å². The molecule has 0 amide bonds. The first kappa shape index (κ1) is 14.9. The molecule has 0 spiro atoms. The third-order valence-corrected chi connectivity index (χ3v) is 2.07. The number of nitrogens with zero attached hydrogens (tertiary/aromatic N) is 1. The third kappa shape index (κ3) is 4.16. The van der Waals surface area contributed by atoms with Crippen LogP contribution in [0.25, 0.3) is 0 Å². The predicted molar refractivity (Wildman–Crippen MR) is 64.6 cm³/mol. The first-order valence-corrected chi connectivity index (χ1v) is 5.51. The third-order valence-electron chi connectivity index (χ3n) is 2.07. The van der Waals surface area contributed by atoms with Crippen molar-refractivity contribution in [3.8, 4) is 0 Å². The van der Waals surface area contributed by atoms with E-state index >= 15 is 0 Å². The van der Waals surface area contributed by atoms with Crippen LogP contribution in [0.15, 0.2) is 17.2 Å². The van der Waals surface area contributed by atoms with Crippen LogP contribution in [0.2, 0.25) is 0 Å². The Kier molecular flexibility index (Phi) is 6.69. The minimum absolute atomic E-state index is 0.0275. The van der Waals surface area contributed by atoms with Crippen molar-refractivity contribution < 1.29 is 10.2 Å². The molecule has 0 aliphatic rings. The van der Waals surface area contributed by atoms with Crippen LogP contribution in [0.1, 0.15) is 25.0 Å². The van der Waals surface area contributed by atoms with E-state index in [0.717, 1.165) is 0 Å². The fourth-order valence-corrected chi connectivity index (χ4v) is 1.37. The molecule has 1 unspecified atom stereocenters. The van der Waals surface area contributed by atoms with E-state index in [1.54, 1.807) is 30.8 Å². The van der Waals surface area contributed by atoms with Crippen LogP contribution in [0.5, 0.6) is 0 Å². The number of hydrogen-bond donors (Lipinski definition) is 2. The van der Waals surface area contributed by atoms with Crippen molar-refractivity contribution in [3.63, 3.8) is 0 Å². The van der Waals surface area contributed by atoms with Gasteiger partial charge in [0.1, 0.15) is 0 Å². The smallest absolute Gasteiger partial charge is 0.187 e. The Morgan fingerprint density at radius 1 is 1.25 bits per heavy atom. The van der Waals surface area contributed by atoms with Crippen LogP contribution >= 0.6 is 0 Å². The van der Waals surface area contributed by atoms with Gasteiger partial charge in [-0.3, -0.25) is 4.79 Å². The minimum Gasteiger partial charge on any atom is -0.394 e. The Balaban J connectivity index is 0.00000106. The number of rotatable bonds is 3. The van der Waals surface area contributed by atoms with Gasteiger partial charge in [0.05, 0.1) is 19.3 Å². The number of aromatic nitrogens is 1. The lowest BCUT2D eigenvalue weighted by Gasteiger charge is -2.12. The van der Waals surface area contributed by atoms with Gasteiger partial charge in [0.25, 0.3) is 0 Å². The Morgan fingerprint density at radius 2 is 1.69 bits per heavy atom. The highest BCUT2D eigenvalue weighted by molar-refractivity contribution is 5.16. The van der Waals surface area contributed by atoms with E-state index < -0.39 is 6.10 Å². The van der Waals surface area contributed by atoms with E-state index in [2.05, 4.69) is 0 Å². The van der Waals surface area contributed by atoms with Gasteiger partial charge in [-0.25, -0.2) is 0 Å². The van der Waals surface area contributed by atoms with Gasteiger partial charge in [0, 0.05) is 23.5 Å². The highest BCUT2D eigenvalue weighted by Crippen LogP contribution is 1.98. The fourth-order valence-electron chi connectivity index (χ4n) is 1.37. The molecule has 0 aromatic carbocycles. The molecule has 16 heavy (non-hydrogen) atoms. The number of hydrogen-bond acceptors (Lipinski definition) is 3. The Hall–Kier alpha value is -1.13. The molecule has 0 saturated heterocycles. The van der Waals surface area contributed by atoms with Crippen LogP contribution in [-0.4, -0.2) is 27.5 Å². The monoisotopic (exact) mass is 227 g/mol. The van der Waals surface area contributed by atoms with Gasteiger partial charge in [-0.15, -0.1) is 0 Å². The van der Waals surface area contributed by atoms with Gasteiger partial charge in [-0.05, 0) is 13.8 Å². The molecule has 4 nitrogen and oxygen atoms in total. The van der Waals surface area contributed by atoms with Crippen molar-refractivity contribution in [2.24, 2.45) is 0 Å². The summed E-state index contributed by atoms with van der Waals surface area (Å²) >= 11 is 0. The maximum Gasteiger partial charge on any atom is 0.187 e. The highest BCUT2D eigenvalue weighted by atomic mass is 16.3. The van der Waals surface area contributed by atoms with Crippen LogP contribution in [0, 0.1) is 13.8 Å². The van der Waals surface area contributed by atoms with Crippen LogP contribution < -0.4 is 5.43 Å². The van der Waals surface area contributed by atoms with Crippen molar-refractivity contribution in [1.29, 1.82) is 0 Å². The summed E-state index contributed by atoms with van der Waals surface area (Å²) in [6, 6.07) is 0. The molecule has 1 rings (SSSR count). The van der Waals surface area contributed by atoms with Crippen LogP contribution in [0.3, 0.4) is 0 Å². The number of aliphatic hydroxyl groups is 2. The maximum atomic E-state index is 11.4. The SMILES string of the molecule is CC.Cc1cn(CC(O)CO)cc(C)c1=O. The molecule has 4 heteroatoms. The van der Waals surface area contributed by atoms with E-state index in [1.165, 1.54) is 0 Å². The van der Waals surface area contributed by atoms with Gasteiger partial charge in [0.15, 0.2) is 5.43 Å². The number of aliphatic hydroxyl groups excluding tert-OH is 2. The summed E-state index contributed by atoms with van der Waals surface area (Å²) in [6.07, 6.45) is 2.57. The lowest BCUT2D eigenvalue weighted by molar-refractivity contribution is 0.0810. The largest absolute Gasteiger partial charge is 0.394 e. The van der Waals surface area contributed by atoms with Gasteiger partial charge in [-0.2, -0.15) is 0 Å². The van der Waals surface area contributed by atoms with Crippen molar-refractivity contribution >= 4 is 0 Å². The van der Waals surface area contributed by atoms with E-state index in [4.69, 9.17) is 5.11 Å². The summed E-state index contributed by atoms with van der Waals surface area (Å²) in [5, 5.41) is 17.9. The van der Waals surface area contributed by atoms with Crippen molar-refractivity contribution in [1.82, 2.24) is 4.57 Å². The second-order valence-electron chi connectivity index (χ2n) is 3.49. The molecule has 1 atom stereocenters. The average Bonchev–Trinajstić information content (AvgIpc) is 2.28. The maximum absolute atomic E-state index is 11.4. The normalized spacial score (nSPS) is 11.6. The standard InChI is InChI=1S/C10H15NO3.C2H6/c1-7-3-11(5-9(13)6-12)4-8(2)10(7)14;1-2/h3-4,9,12-13H,5-6H2,1-2H3;1-2H3. The zero-order chi connectivity index (χ0) is 12.7. The molecule has 0 fully saturated rings. The molecule has 0 aliphatic carbocycles. The zero-order valence-electron chi connectivity index (χ0n) is 10.4. The molecule has 1 aromatic heterocycles. The summed E-state index contributed by atoms with van der Waals surface area (Å²) < 4.78 is 1.72. The summed E-state index contributed by atoms with van der Waals surface area (Å²) in [5.41, 5.74) is 1.32. The molecule has 2 N–H and O–H groups in total. The van der Waals surface area contributed by atoms with Crippen molar-refractivity contribution in [2.75, 3.05) is 6.61 Å². The molecule has 0 saturated carbocycles. The number of pyridine rings is 1. The summed E-state index contributed by atoms with van der Waals surface area (Å²) in [5.74, 6) is 0. The first-order valence-electron chi connectivity index (χ1n) is 5.51. The first-order chi connectivity index (χ1) is 7.54. The van der Waals surface area contributed by atoms with Gasteiger partial charge in [0.2, 0.25) is 0 Å². The topological polar surface area (TPSA) is 62.5 Å². The van der Waals surface area contributed by atoms with E-state index in [-0.39, 0.29) is 12.0 Å². The lowest BCUT2D eigenvalue weighted by atomic mass is 10.2. The van der Waals surface area contributed by atoms with E-state index in [0.29, 0.717) is 17.7 Å². The Morgan fingerprint density at radius 3 is 2.06 bits per heavy atom. The zero-order valence-corrected chi connectivity index (χ0v) is 10.4. The van der Waals surface area contributed by atoms with Crippen LogP contribution in [-0.2, 0) is 6.54 Å². The van der Waals surface area contributed by atoms with Crippen LogP contribution in [0.4, 0.5) is 0 Å². The molecule has 92 valence electrons. The molecular weight excluding hydrogens is 206 g/mol. The fraction of sp³-hybridized carbons (Fsp3) is 0.583. The van der Waals surface area contributed by atoms with Gasteiger partial charge in [-0.1, -0.05) is 13.8 Å². The Bertz CT molecular complexity index is 345. The highest BCUT2D eigenvalue weighted by Gasteiger charge is 2.04. The molecule has 0 radical (unpaired) electrons. The summed E-state index contributed by atoms with van der Waals surface area (Å²) in [7, 11) is 0. The molecular formula is C12H21NO3. The van der Waals surface area contributed by atoms with Crippen molar-refractivity contribution in [2.45, 2.75) is 40.3 Å². The second kappa shape index (κ2) is 7.19. The van der Waals surface area contributed by atoms with Gasteiger partial charge < -0.3 is 14.8 Å². The lowest BCUT2D eigenvalue weighted by Crippen LogP contribution is -2.22. The Labute approximate surface area is 96.2 Å². The second-order valence-corrected chi connectivity index (χ2v) is 3.49. The summed E-state index contributed by atoms with van der Waals surface area (Å²) in [4.78, 5) is 11.4. The van der Waals surface area contributed by atoms with E-state index in [9.17, 15) is 9.90 Å². The molecule has 0 bridgehead atoms. The quantitative estimate of drug-likeness (QED) is 0.804. The molecule has 1 heterocycles. The number of aryl methyl sites for hydroxylation is 2.